The molecule has 3 aromatic carbocycles. The largest absolute Gasteiger partial charge is 0.508 e. The molecule has 0 radical (unpaired) electrons. The van der Waals surface area contributed by atoms with Crippen molar-refractivity contribution in [2.75, 3.05) is 17.3 Å². The van der Waals surface area contributed by atoms with Gasteiger partial charge in [0.1, 0.15) is 23.3 Å². The van der Waals surface area contributed by atoms with Crippen LogP contribution < -0.4 is 15.0 Å². The van der Waals surface area contributed by atoms with Crippen molar-refractivity contribution >= 4 is 23.2 Å². The maximum atomic E-state index is 13.7. The van der Waals surface area contributed by atoms with E-state index in [-0.39, 0.29) is 34.5 Å². The Morgan fingerprint density at radius 1 is 1.16 bits per heavy atom. The van der Waals surface area contributed by atoms with Crippen molar-refractivity contribution in [1.82, 2.24) is 9.78 Å². The fourth-order valence-electron chi connectivity index (χ4n) is 4.68. The number of nitriles is 1. The highest BCUT2D eigenvalue weighted by molar-refractivity contribution is 6.15. The fourth-order valence-corrected chi connectivity index (χ4v) is 4.68. The molecule has 9 nitrogen and oxygen atoms in total. The minimum atomic E-state index is -0.496. The molecule has 0 fully saturated rings. The number of ether oxygens (including phenoxy) is 1. The van der Waals surface area contributed by atoms with Gasteiger partial charge in [-0.05, 0) is 66.9 Å². The molecule has 2 amide bonds. The molecule has 1 aliphatic rings. The van der Waals surface area contributed by atoms with Gasteiger partial charge in [-0.1, -0.05) is 24.3 Å². The third-order valence-electron chi connectivity index (χ3n) is 6.49. The molecule has 1 atom stereocenters. The molecule has 5 rings (SSSR count). The Balaban J connectivity index is 1.37. The number of aromatic nitrogens is 2. The first-order valence-electron chi connectivity index (χ1n) is 12.0. The molecule has 1 aliphatic heterocycles. The van der Waals surface area contributed by atoms with Crippen LogP contribution in [0.15, 0.2) is 72.9 Å². The molecule has 0 unspecified atom stereocenters. The minimum Gasteiger partial charge on any atom is -0.508 e. The number of hydrogen-bond donors (Lipinski definition) is 2. The molecular formula is C29H25N5O4. The van der Waals surface area contributed by atoms with Gasteiger partial charge in [0.05, 0.1) is 37.0 Å². The Morgan fingerprint density at radius 3 is 2.66 bits per heavy atom. The van der Waals surface area contributed by atoms with Gasteiger partial charge >= 0.3 is 0 Å². The molecule has 4 aromatic rings. The van der Waals surface area contributed by atoms with Crippen LogP contribution in [0.3, 0.4) is 0 Å². The lowest BCUT2D eigenvalue weighted by Gasteiger charge is -2.34. The minimum absolute atomic E-state index is 0.154. The van der Waals surface area contributed by atoms with E-state index in [1.165, 1.54) is 19.4 Å². The van der Waals surface area contributed by atoms with Crippen LogP contribution in [0.1, 0.15) is 44.5 Å². The van der Waals surface area contributed by atoms with Crippen molar-refractivity contribution in [3.63, 3.8) is 0 Å². The lowest BCUT2D eigenvalue weighted by Crippen LogP contribution is -2.47. The highest BCUT2D eigenvalue weighted by atomic mass is 16.5. The summed E-state index contributed by atoms with van der Waals surface area (Å²) in [7, 11) is 1.47. The zero-order valence-electron chi connectivity index (χ0n) is 20.9. The van der Waals surface area contributed by atoms with Crippen LogP contribution in [-0.4, -0.2) is 39.9 Å². The van der Waals surface area contributed by atoms with Crippen molar-refractivity contribution < 1.29 is 19.4 Å². The number of fused-ring (bicyclic) bond motifs is 1. The van der Waals surface area contributed by atoms with Gasteiger partial charge in [-0.25, -0.2) is 0 Å². The number of methoxy groups -OCH3 is 1. The zero-order valence-corrected chi connectivity index (χ0v) is 20.9. The predicted octanol–water partition coefficient (Wildman–Crippen LogP) is 4.36. The number of carbonyl (C=O) groups is 2. The predicted molar refractivity (Wildman–Crippen MR) is 142 cm³/mol. The Morgan fingerprint density at radius 2 is 1.95 bits per heavy atom. The van der Waals surface area contributed by atoms with E-state index < -0.39 is 5.91 Å². The quantitative estimate of drug-likeness (QED) is 0.400. The summed E-state index contributed by atoms with van der Waals surface area (Å²) < 4.78 is 6.71. The third kappa shape index (κ3) is 4.67. The van der Waals surface area contributed by atoms with Gasteiger partial charge in [0.25, 0.3) is 11.8 Å². The van der Waals surface area contributed by atoms with Gasteiger partial charge in [0.15, 0.2) is 0 Å². The summed E-state index contributed by atoms with van der Waals surface area (Å²) >= 11 is 0. The molecule has 2 N–H and O–H groups in total. The smallest absolute Gasteiger partial charge is 0.277 e. The van der Waals surface area contributed by atoms with Crippen LogP contribution >= 0.6 is 0 Å². The summed E-state index contributed by atoms with van der Waals surface area (Å²) in [4.78, 5) is 28.5. The summed E-state index contributed by atoms with van der Waals surface area (Å²) in [5.74, 6) is -0.189. The van der Waals surface area contributed by atoms with Crippen molar-refractivity contribution in [1.29, 1.82) is 5.26 Å². The SMILES string of the molecule is COc1ccc(NC(=O)c2cnn3c2C(=O)N(c2ccc(Cc4cccc(O)c4)cc2)[C@@H](C)C3)cc1C#N. The lowest BCUT2D eigenvalue weighted by atomic mass is 10.0. The van der Waals surface area contributed by atoms with Crippen LogP contribution in [0, 0.1) is 11.3 Å². The molecule has 0 spiro atoms. The second kappa shape index (κ2) is 10.1. The van der Waals surface area contributed by atoms with E-state index in [1.54, 1.807) is 39.9 Å². The van der Waals surface area contributed by atoms with E-state index in [0.717, 1.165) is 16.8 Å². The Hall–Kier alpha value is -5.10. The summed E-state index contributed by atoms with van der Waals surface area (Å²) in [6.07, 6.45) is 2.04. The number of amides is 2. The lowest BCUT2D eigenvalue weighted by molar-refractivity contribution is 0.0933. The standard InChI is InChI=1S/C29H25N5O4/c1-18-17-33-27(25(16-31-33)28(36)32-22-8-11-26(38-2)21(14-22)15-30)29(37)34(18)23-9-6-19(7-10-23)12-20-4-3-5-24(35)13-20/h3-11,13-14,16,18,35H,12,17H2,1-2H3,(H,32,36)/t18-/m0/s1. The highest BCUT2D eigenvalue weighted by Gasteiger charge is 2.35. The third-order valence-corrected chi connectivity index (χ3v) is 6.49. The van der Waals surface area contributed by atoms with Crippen LogP contribution in [0.5, 0.6) is 11.5 Å². The molecule has 1 aromatic heterocycles. The maximum Gasteiger partial charge on any atom is 0.277 e. The highest BCUT2D eigenvalue weighted by Crippen LogP contribution is 2.29. The fraction of sp³-hybridized carbons (Fsp3) is 0.172. The first-order valence-corrected chi connectivity index (χ1v) is 12.0. The van der Waals surface area contributed by atoms with Crippen LogP contribution in [0.4, 0.5) is 11.4 Å². The normalized spacial score (nSPS) is 14.5. The van der Waals surface area contributed by atoms with Crippen LogP contribution in [0.2, 0.25) is 0 Å². The molecule has 0 aliphatic carbocycles. The monoisotopic (exact) mass is 507 g/mol. The van der Waals surface area contributed by atoms with Crippen LogP contribution in [0.25, 0.3) is 0 Å². The Bertz CT molecular complexity index is 1570. The van der Waals surface area contributed by atoms with E-state index in [2.05, 4.69) is 10.4 Å². The first kappa shape index (κ1) is 24.6. The number of benzene rings is 3. The molecule has 0 saturated carbocycles. The maximum absolute atomic E-state index is 13.7. The molecule has 0 bridgehead atoms. The van der Waals surface area contributed by atoms with Crippen molar-refractivity contribution in [2.45, 2.75) is 25.9 Å². The van der Waals surface area contributed by atoms with Crippen molar-refractivity contribution in [3.05, 3.63) is 101 Å². The summed E-state index contributed by atoms with van der Waals surface area (Å²) in [6.45, 7) is 2.37. The number of phenolic OH excluding ortho intramolecular Hbond substituents is 1. The first-order chi connectivity index (χ1) is 18.4. The molecule has 38 heavy (non-hydrogen) atoms. The van der Waals surface area contributed by atoms with E-state index in [1.807, 2.05) is 43.3 Å². The summed E-state index contributed by atoms with van der Waals surface area (Å²) in [6, 6.07) is 21.4. The number of rotatable bonds is 6. The topological polar surface area (TPSA) is 120 Å². The van der Waals surface area contributed by atoms with Crippen molar-refractivity contribution in [2.24, 2.45) is 0 Å². The van der Waals surface area contributed by atoms with Gasteiger partial charge in [-0.15, -0.1) is 0 Å². The molecule has 9 heteroatoms. The Labute approximate surface area is 219 Å². The number of aromatic hydroxyl groups is 1. The second-order valence-corrected chi connectivity index (χ2v) is 9.11. The van der Waals surface area contributed by atoms with E-state index >= 15 is 0 Å². The number of phenols is 1. The molecular weight excluding hydrogens is 482 g/mol. The van der Waals surface area contributed by atoms with E-state index in [4.69, 9.17) is 4.74 Å². The number of anilines is 2. The zero-order chi connectivity index (χ0) is 26.8. The van der Waals surface area contributed by atoms with Crippen molar-refractivity contribution in [3.8, 4) is 17.6 Å². The number of carbonyl (C=O) groups excluding carboxylic acids is 2. The Kier molecular flexibility index (Phi) is 6.54. The molecule has 2 heterocycles. The average molecular weight is 508 g/mol. The van der Waals surface area contributed by atoms with Gasteiger partial charge < -0.3 is 20.1 Å². The van der Waals surface area contributed by atoms with Gasteiger partial charge in [0, 0.05) is 11.4 Å². The van der Waals surface area contributed by atoms with Gasteiger partial charge in [-0.3, -0.25) is 14.3 Å². The second-order valence-electron chi connectivity index (χ2n) is 9.11. The molecule has 0 saturated heterocycles. The number of nitrogens with zero attached hydrogens (tertiary/aromatic N) is 4. The number of nitrogens with one attached hydrogen (secondary N) is 1. The van der Waals surface area contributed by atoms with E-state index in [0.29, 0.717) is 24.4 Å². The van der Waals surface area contributed by atoms with Crippen LogP contribution in [-0.2, 0) is 13.0 Å². The number of hydrogen-bond acceptors (Lipinski definition) is 6. The molecule has 190 valence electrons. The van der Waals surface area contributed by atoms with Gasteiger partial charge in [-0.2, -0.15) is 10.4 Å². The van der Waals surface area contributed by atoms with Gasteiger partial charge in [0.2, 0.25) is 0 Å². The summed E-state index contributed by atoms with van der Waals surface area (Å²) in [5, 5.41) is 26.1. The summed E-state index contributed by atoms with van der Waals surface area (Å²) in [5.41, 5.74) is 3.79. The van der Waals surface area contributed by atoms with E-state index in [9.17, 15) is 20.0 Å². The average Bonchev–Trinajstić information content (AvgIpc) is 3.34.